The van der Waals surface area contributed by atoms with Gasteiger partial charge in [0.2, 0.25) is 5.89 Å². The van der Waals surface area contributed by atoms with Crippen LogP contribution in [0.15, 0.2) is 28.8 Å². The molecule has 2 unspecified atom stereocenters. The van der Waals surface area contributed by atoms with Crippen molar-refractivity contribution in [2.24, 2.45) is 17.6 Å². The Balaban J connectivity index is 1.21. The van der Waals surface area contributed by atoms with E-state index in [1.165, 1.54) is 0 Å². The second-order valence-corrected chi connectivity index (χ2v) is 8.09. The van der Waals surface area contributed by atoms with Gasteiger partial charge in [-0.3, -0.25) is 0 Å². The smallest absolute Gasteiger partial charge is 0.321 e. The highest BCUT2D eigenvalue weighted by Gasteiger charge is 2.38. The quantitative estimate of drug-likeness (QED) is 0.741. The lowest BCUT2D eigenvalue weighted by molar-refractivity contribution is 0.179. The van der Waals surface area contributed by atoms with Crippen molar-refractivity contribution in [2.45, 2.75) is 38.5 Å². The van der Waals surface area contributed by atoms with E-state index in [0.717, 1.165) is 61.9 Å². The third-order valence-corrected chi connectivity index (χ3v) is 5.78. The van der Waals surface area contributed by atoms with E-state index in [4.69, 9.17) is 15.0 Å². The van der Waals surface area contributed by atoms with Crippen LogP contribution in [0.25, 0.3) is 0 Å². The molecule has 1 aliphatic heterocycles. The van der Waals surface area contributed by atoms with E-state index in [2.05, 4.69) is 22.4 Å². The lowest BCUT2D eigenvalue weighted by atomic mass is 9.94. The second-order valence-electron chi connectivity index (χ2n) is 8.09. The van der Waals surface area contributed by atoms with Gasteiger partial charge in [-0.25, -0.2) is 4.79 Å². The molecule has 2 fully saturated rings. The number of piperidine rings is 1. The fourth-order valence-corrected chi connectivity index (χ4v) is 3.78. The van der Waals surface area contributed by atoms with Gasteiger partial charge >= 0.3 is 6.03 Å². The third-order valence-electron chi connectivity index (χ3n) is 5.78. The molecular formula is C21H29N5O3. The van der Waals surface area contributed by atoms with Gasteiger partial charge in [-0.1, -0.05) is 12.1 Å². The van der Waals surface area contributed by atoms with Gasteiger partial charge < -0.3 is 25.2 Å². The number of hydrogen-bond donors (Lipinski definition) is 2. The number of nitrogens with one attached hydrogen (secondary N) is 1. The molecule has 0 spiro atoms. The number of carbonyl (C=O) groups is 1. The van der Waals surface area contributed by atoms with Crippen LogP contribution in [0.4, 0.5) is 10.5 Å². The number of ether oxygens (including phenoxy) is 1. The minimum absolute atomic E-state index is 0.0677. The largest absolute Gasteiger partial charge is 0.492 e. The molecule has 1 saturated carbocycles. The maximum absolute atomic E-state index is 12.5. The van der Waals surface area contributed by atoms with E-state index in [1.807, 2.05) is 29.2 Å². The minimum Gasteiger partial charge on any atom is -0.492 e. The zero-order chi connectivity index (χ0) is 20.2. The highest BCUT2D eigenvalue weighted by Crippen LogP contribution is 2.45. The topological polar surface area (TPSA) is 107 Å². The van der Waals surface area contributed by atoms with Crippen molar-refractivity contribution >= 4 is 11.7 Å². The summed E-state index contributed by atoms with van der Waals surface area (Å²) in [6, 6.07) is 7.27. The molecule has 2 amide bonds. The number of likely N-dealkylation sites (tertiary alicyclic amines) is 1. The molecule has 3 N–H and O–H groups in total. The average Bonchev–Trinajstić information content (AvgIpc) is 3.29. The number of carbonyl (C=O) groups excluding carboxylic acids is 1. The average molecular weight is 399 g/mol. The van der Waals surface area contributed by atoms with Crippen molar-refractivity contribution in [3.8, 4) is 5.75 Å². The molecule has 156 valence electrons. The minimum atomic E-state index is -0.0677. The molecule has 8 heteroatoms. The SMILES string of the molecule is CC1CC1c1noc(CC2CCN(C(=O)Nc3ccc(OCCN)cc3)CC2)n1. The van der Waals surface area contributed by atoms with Crippen LogP contribution in [0.3, 0.4) is 0 Å². The molecule has 1 aliphatic carbocycles. The number of rotatable bonds is 7. The fraction of sp³-hybridized carbons (Fsp3) is 0.571. The van der Waals surface area contributed by atoms with Crippen molar-refractivity contribution < 1.29 is 14.1 Å². The Morgan fingerprint density at radius 3 is 2.69 bits per heavy atom. The summed E-state index contributed by atoms with van der Waals surface area (Å²) in [4.78, 5) is 19.0. The van der Waals surface area contributed by atoms with Gasteiger partial charge in [0.05, 0.1) is 0 Å². The summed E-state index contributed by atoms with van der Waals surface area (Å²) >= 11 is 0. The molecule has 2 aromatic rings. The van der Waals surface area contributed by atoms with Gasteiger partial charge in [-0.15, -0.1) is 0 Å². The monoisotopic (exact) mass is 399 g/mol. The molecule has 4 rings (SSSR count). The number of nitrogens with two attached hydrogens (primary N) is 1. The summed E-state index contributed by atoms with van der Waals surface area (Å²) in [5.74, 6) is 3.98. The number of nitrogens with zero attached hydrogens (tertiary/aromatic N) is 3. The summed E-state index contributed by atoms with van der Waals surface area (Å²) in [5, 5.41) is 7.08. The first-order valence-corrected chi connectivity index (χ1v) is 10.4. The van der Waals surface area contributed by atoms with Crippen LogP contribution >= 0.6 is 0 Å². The molecule has 29 heavy (non-hydrogen) atoms. The van der Waals surface area contributed by atoms with Crippen molar-refractivity contribution in [1.82, 2.24) is 15.0 Å². The van der Waals surface area contributed by atoms with Gasteiger partial charge in [-0.05, 0) is 55.4 Å². The van der Waals surface area contributed by atoms with Crippen LogP contribution in [0, 0.1) is 11.8 Å². The van der Waals surface area contributed by atoms with Gasteiger partial charge in [0.25, 0.3) is 0 Å². The second kappa shape index (κ2) is 8.82. The Morgan fingerprint density at radius 2 is 2.03 bits per heavy atom. The Kier molecular flexibility index (Phi) is 5.99. The highest BCUT2D eigenvalue weighted by molar-refractivity contribution is 5.89. The Morgan fingerprint density at radius 1 is 1.31 bits per heavy atom. The molecule has 1 aromatic heterocycles. The van der Waals surface area contributed by atoms with Crippen molar-refractivity contribution in [3.63, 3.8) is 0 Å². The van der Waals surface area contributed by atoms with Gasteiger partial charge in [0.1, 0.15) is 12.4 Å². The maximum Gasteiger partial charge on any atom is 0.321 e. The van der Waals surface area contributed by atoms with E-state index in [1.54, 1.807) is 0 Å². The van der Waals surface area contributed by atoms with Crippen LogP contribution in [0.1, 0.15) is 43.8 Å². The number of hydrogen-bond acceptors (Lipinski definition) is 6. The first-order chi connectivity index (χ1) is 14.1. The van der Waals surface area contributed by atoms with Gasteiger partial charge in [0.15, 0.2) is 5.82 Å². The third kappa shape index (κ3) is 5.06. The van der Waals surface area contributed by atoms with Crippen LogP contribution in [-0.4, -0.2) is 47.3 Å². The Bertz CT molecular complexity index is 814. The summed E-state index contributed by atoms with van der Waals surface area (Å²) in [5.41, 5.74) is 6.18. The molecule has 2 atom stereocenters. The number of anilines is 1. The predicted octanol–water partition coefficient (Wildman–Crippen LogP) is 3.02. The van der Waals surface area contributed by atoms with E-state index in [0.29, 0.717) is 30.9 Å². The first kappa shape index (κ1) is 19.7. The Labute approximate surface area is 170 Å². The number of amides is 2. The van der Waals surface area contributed by atoms with Gasteiger partial charge in [-0.2, -0.15) is 4.98 Å². The molecular weight excluding hydrogens is 370 g/mol. The van der Waals surface area contributed by atoms with Gasteiger partial charge in [0, 0.05) is 37.7 Å². The molecule has 8 nitrogen and oxygen atoms in total. The van der Waals surface area contributed by atoms with Crippen LogP contribution in [0.2, 0.25) is 0 Å². The summed E-state index contributed by atoms with van der Waals surface area (Å²) in [7, 11) is 0. The van der Waals surface area contributed by atoms with E-state index in [-0.39, 0.29) is 6.03 Å². The number of urea groups is 1. The molecule has 1 aromatic carbocycles. The Hall–Kier alpha value is -2.61. The molecule has 2 heterocycles. The summed E-state index contributed by atoms with van der Waals surface area (Å²) in [6.07, 6.45) is 3.84. The molecule has 1 saturated heterocycles. The standard InChI is InChI=1S/C21H29N5O3/c1-14-12-18(14)20-24-19(29-25-20)13-15-6-9-26(10-7-15)21(27)23-16-2-4-17(5-3-16)28-11-8-22/h2-5,14-15,18H,6-13,22H2,1H3,(H,23,27). The molecule has 2 aliphatic rings. The van der Waals surface area contributed by atoms with E-state index < -0.39 is 0 Å². The zero-order valence-electron chi connectivity index (χ0n) is 16.8. The van der Waals surface area contributed by atoms with Crippen molar-refractivity contribution in [1.29, 1.82) is 0 Å². The normalized spacial score (nSPS) is 21.8. The lowest BCUT2D eigenvalue weighted by Crippen LogP contribution is -2.41. The summed E-state index contributed by atoms with van der Waals surface area (Å²) < 4.78 is 10.9. The van der Waals surface area contributed by atoms with Crippen molar-refractivity contribution in [2.75, 3.05) is 31.6 Å². The van der Waals surface area contributed by atoms with Crippen molar-refractivity contribution in [3.05, 3.63) is 36.0 Å². The lowest BCUT2D eigenvalue weighted by Gasteiger charge is -2.31. The molecule has 0 bridgehead atoms. The zero-order valence-corrected chi connectivity index (χ0v) is 16.8. The molecule has 0 radical (unpaired) electrons. The van der Waals surface area contributed by atoms with Crippen LogP contribution in [0.5, 0.6) is 5.75 Å². The number of aromatic nitrogens is 2. The van der Waals surface area contributed by atoms with E-state index >= 15 is 0 Å². The first-order valence-electron chi connectivity index (χ1n) is 10.4. The van der Waals surface area contributed by atoms with Crippen LogP contribution in [-0.2, 0) is 6.42 Å². The summed E-state index contributed by atoms with van der Waals surface area (Å²) in [6.45, 7) is 4.63. The maximum atomic E-state index is 12.5. The predicted molar refractivity (Wildman–Crippen MR) is 109 cm³/mol. The van der Waals surface area contributed by atoms with Crippen LogP contribution < -0.4 is 15.8 Å². The highest BCUT2D eigenvalue weighted by atomic mass is 16.5. The number of benzene rings is 1. The van der Waals surface area contributed by atoms with E-state index in [9.17, 15) is 4.79 Å². The fourth-order valence-electron chi connectivity index (χ4n) is 3.78.